The van der Waals surface area contributed by atoms with Crippen LogP contribution in [0, 0.1) is 0 Å². The quantitative estimate of drug-likeness (QED) is 0.579. The predicted molar refractivity (Wildman–Crippen MR) is 101 cm³/mol. The third-order valence-electron chi connectivity index (χ3n) is 4.07. The number of ether oxygens (including phenoxy) is 1. The summed E-state index contributed by atoms with van der Waals surface area (Å²) in [6, 6.07) is 10.6. The van der Waals surface area contributed by atoms with Gasteiger partial charge in [0.25, 0.3) is 0 Å². The van der Waals surface area contributed by atoms with E-state index in [1.54, 1.807) is 26.8 Å². The molecule has 0 aromatic heterocycles. The number of fused-ring (bicyclic) bond motifs is 1. The second kappa shape index (κ2) is 6.72. The highest BCUT2D eigenvalue weighted by atomic mass is 32.1. The molecule has 3 rings (SSSR count). The van der Waals surface area contributed by atoms with Gasteiger partial charge in [-0.2, -0.15) is 0 Å². The summed E-state index contributed by atoms with van der Waals surface area (Å²) in [5, 5.41) is 18.8. The molecule has 1 atom stereocenters. The van der Waals surface area contributed by atoms with Crippen molar-refractivity contribution in [3.8, 4) is 5.75 Å². The summed E-state index contributed by atoms with van der Waals surface area (Å²) in [5.41, 5.74) is 1.64. The van der Waals surface area contributed by atoms with Gasteiger partial charge in [0.2, 0.25) is 0 Å². The first kappa shape index (κ1) is 17.2. The van der Waals surface area contributed by atoms with Gasteiger partial charge in [0.15, 0.2) is 5.11 Å². The summed E-state index contributed by atoms with van der Waals surface area (Å²) in [4.78, 5) is 12.7. The molecule has 5 nitrogen and oxygen atoms in total. The lowest BCUT2D eigenvalue weighted by atomic mass is 9.90. The van der Waals surface area contributed by atoms with Gasteiger partial charge in [-0.1, -0.05) is 30.3 Å². The number of aromatic hydroxyl groups is 1. The second-order valence-corrected chi connectivity index (χ2v) is 6.65. The third kappa shape index (κ3) is 3.30. The molecule has 130 valence electrons. The maximum atomic E-state index is 12.7. The summed E-state index contributed by atoms with van der Waals surface area (Å²) >= 11 is 5.26. The summed E-state index contributed by atoms with van der Waals surface area (Å²) in [6.07, 6.45) is -0.247. The number of rotatable bonds is 3. The largest absolute Gasteiger partial charge is 0.508 e. The van der Waals surface area contributed by atoms with E-state index >= 15 is 0 Å². The molecule has 0 saturated heterocycles. The van der Waals surface area contributed by atoms with E-state index < -0.39 is 12.0 Å². The van der Waals surface area contributed by atoms with Crippen molar-refractivity contribution in [1.82, 2.24) is 10.6 Å². The number of esters is 1. The van der Waals surface area contributed by atoms with Crippen LogP contribution in [0.3, 0.4) is 0 Å². The van der Waals surface area contributed by atoms with Gasteiger partial charge in [-0.3, -0.25) is 0 Å². The molecule has 0 spiro atoms. The van der Waals surface area contributed by atoms with E-state index in [9.17, 15) is 9.90 Å². The first-order valence-electron chi connectivity index (χ1n) is 8.08. The van der Waals surface area contributed by atoms with Crippen LogP contribution in [0.25, 0.3) is 10.8 Å². The van der Waals surface area contributed by atoms with Gasteiger partial charge >= 0.3 is 5.97 Å². The number of carbonyl (C=O) groups excluding carboxylic acids is 1. The second-order valence-electron chi connectivity index (χ2n) is 6.24. The van der Waals surface area contributed by atoms with Gasteiger partial charge in [-0.05, 0) is 49.8 Å². The van der Waals surface area contributed by atoms with Crippen LogP contribution >= 0.6 is 12.2 Å². The molecule has 1 aliphatic heterocycles. The number of nitrogens with one attached hydrogen (secondary N) is 2. The fourth-order valence-corrected chi connectivity index (χ4v) is 3.32. The number of benzene rings is 2. The molecule has 2 aromatic rings. The minimum absolute atomic E-state index is 0.101. The fourth-order valence-electron chi connectivity index (χ4n) is 3.05. The van der Waals surface area contributed by atoms with Crippen molar-refractivity contribution in [3.05, 3.63) is 53.2 Å². The van der Waals surface area contributed by atoms with Crippen LogP contribution in [0.1, 0.15) is 32.4 Å². The molecule has 25 heavy (non-hydrogen) atoms. The minimum Gasteiger partial charge on any atom is -0.508 e. The molecule has 2 aromatic carbocycles. The maximum Gasteiger partial charge on any atom is 0.338 e. The van der Waals surface area contributed by atoms with Gasteiger partial charge < -0.3 is 20.5 Å². The molecular formula is C19H20N2O3S. The van der Waals surface area contributed by atoms with Crippen molar-refractivity contribution in [1.29, 1.82) is 0 Å². The number of hydrogen-bond acceptors (Lipinski definition) is 4. The SMILES string of the molecule is CC1=C(C(=O)OC(C)C)[C@@H](c2c(O)ccc3ccccc23)NC(=S)N1. The Morgan fingerprint density at radius 3 is 2.68 bits per heavy atom. The van der Waals surface area contributed by atoms with Crippen molar-refractivity contribution < 1.29 is 14.6 Å². The molecule has 0 bridgehead atoms. The van der Waals surface area contributed by atoms with E-state index in [4.69, 9.17) is 17.0 Å². The Bertz CT molecular complexity index is 889. The van der Waals surface area contributed by atoms with Gasteiger partial charge in [-0.25, -0.2) is 4.79 Å². The lowest BCUT2D eigenvalue weighted by Gasteiger charge is -2.31. The molecule has 1 aliphatic rings. The van der Waals surface area contributed by atoms with Gasteiger partial charge in [0.05, 0.1) is 17.7 Å². The van der Waals surface area contributed by atoms with Gasteiger partial charge in [0, 0.05) is 11.3 Å². The number of allylic oxidation sites excluding steroid dienone is 1. The Balaban J connectivity index is 2.20. The Labute approximate surface area is 151 Å². The molecule has 0 radical (unpaired) electrons. The highest BCUT2D eigenvalue weighted by Gasteiger charge is 2.33. The van der Waals surface area contributed by atoms with E-state index in [-0.39, 0.29) is 11.9 Å². The lowest BCUT2D eigenvalue weighted by Crippen LogP contribution is -2.45. The topological polar surface area (TPSA) is 70.6 Å². The lowest BCUT2D eigenvalue weighted by molar-refractivity contribution is -0.143. The Morgan fingerprint density at radius 2 is 1.96 bits per heavy atom. The molecular weight excluding hydrogens is 336 g/mol. The average molecular weight is 356 g/mol. The van der Waals surface area contributed by atoms with Crippen LogP contribution in [-0.4, -0.2) is 22.3 Å². The standard InChI is InChI=1S/C19H20N2O3S/c1-10(2)24-18(23)15-11(3)20-19(25)21-17(15)16-13-7-5-4-6-12(13)8-9-14(16)22/h4-10,17,22H,1-3H3,(H2,20,21,25)/t17-/m0/s1. The molecule has 6 heteroatoms. The first-order chi connectivity index (χ1) is 11.9. The monoisotopic (exact) mass is 356 g/mol. The van der Waals surface area contributed by atoms with Crippen LogP contribution < -0.4 is 10.6 Å². The van der Waals surface area contributed by atoms with E-state index in [1.165, 1.54) is 0 Å². The number of thiocarbonyl (C=S) groups is 1. The molecule has 0 amide bonds. The zero-order valence-electron chi connectivity index (χ0n) is 14.3. The highest BCUT2D eigenvalue weighted by molar-refractivity contribution is 7.80. The van der Waals surface area contributed by atoms with Crippen molar-refractivity contribution >= 4 is 34.1 Å². The average Bonchev–Trinajstić information content (AvgIpc) is 2.53. The van der Waals surface area contributed by atoms with Gasteiger partial charge in [-0.15, -0.1) is 0 Å². The Morgan fingerprint density at radius 1 is 1.24 bits per heavy atom. The third-order valence-corrected chi connectivity index (χ3v) is 4.29. The van der Waals surface area contributed by atoms with Gasteiger partial charge in [0.1, 0.15) is 5.75 Å². The fraction of sp³-hybridized carbons (Fsp3) is 0.263. The number of phenols is 1. The first-order valence-corrected chi connectivity index (χ1v) is 8.49. The molecule has 0 fully saturated rings. The number of phenolic OH excluding ortho intramolecular Hbond substituents is 1. The summed E-state index contributed by atoms with van der Waals surface area (Å²) in [7, 11) is 0. The molecule has 0 aliphatic carbocycles. The van der Waals surface area contributed by atoms with Crippen LogP contribution in [0.5, 0.6) is 5.75 Å². The van der Waals surface area contributed by atoms with E-state index in [0.717, 1.165) is 10.8 Å². The van der Waals surface area contributed by atoms with Crippen molar-refractivity contribution in [2.24, 2.45) is 0 Å². The van der Waals surface area contributed by atoms with Crippen molar-refractivity contribution in [2.75, 3.05) is 0 Å². The van der Waals surface area contributed by atoms with E-state index in [1.807, 2.05) is 30.3 Å². The Kier molecular flexibility index (Phi) is 4.63. The van der Waals surface area contributed by atoms with Crippen LogP contribution in [0.4, 0.5) is 0 Å². The summed E-state index contributed by atoms with van der Waals surface area (Å²) in [5.74, 6) is -0.337. The smallest absolute Gasteiger partial charge is 0.338 e. The summed E-state index contributed by atoms with van der Waals surface area (Å²) < 4.78 is 5.40. The van der Waals surface area contributed by atoms with Crippen molar-refractivity contribution in [3.63, 3.8) is 0 Å². The predicted octanol–water partition coefficient (Wildman–Crippen LogP) is 3.29. The van der Waals surface area contributed by atoms with Crippen LogP contribution in [0.15, 0.2) is 47.7 Å². The number of carbonyl (C=O) groups is 1. The molecule has 3 N–H and O–H groups in total. The van der Waals surface area contributed by atoms with Crippen molar-refractivity contribution in [2.45, 2.75) is 32.9 Å². The van der Waals surface area contributed by atoms with E-state index in [0.29, 0.717) is 21.9 Å². The highest BCUT2D eigenvalue weighted by Crippen LogP contribution is 2.38. The van der Waals surface area contributed by atoms with Crippen LogP contribution in [-0.2, 0) is 9.53 Å². The van der Waals surface area contributed by atoms with E-state index in [2.05, 4.69) is 10.6 Å². The van der Waals surface area contributed by atoms with Crippen LogP contribution in [0.2, 0.25) is 0 Å². The summed E-state index contributed by atoms with van der Waals surface area (Å²) in [6.45, 7) is 5.37. The molecule has 0 saturated carbocycles. The normalized spacial score (nSPS) is 17.4. The maximum absolute atomic E-state index is 12.7. The minimum atomic E-state index is -0.592. The molecule has 1 heterocycles. The zero-order valence-corrected chi connectivity index (χ0v) is 15.1. The molecule has 0 unspecified atom stereocenters. The zero-order chi connectivity index (χ0) is 18.1. The Hall–Kier alpha value is -2.60. The number of hydrogen-bond donors (Lipinski definition) is 3.